The van der Waals surface area contributed by atoms with Gasteiger partial charge in [0, 0.05) is 11.1 Å². The number of benzene rings is 1. The van der Waals surface area contributed by atoms with Crippen molar-refractivity contribution < 1.29 is 4.79 Å². The molecule has 2 rings (SSSR count). The van der Waals surface area contributed by atoms with Crippen LogP contribution in [0.15, 0.2) is 30.5 Å². The summed E-state index contributed by atoms with van der Waals surface area (Å²) < 4.78 is 0. The van der Waals surface area contributed by atoms with E-state index in [1.165, 1.54) is 6.20 Å². The molecule has 0 aliphatic heterocycles. The van der Waals surface area contributed by atoms with E-state index in [2.05, 4.69) is 20.8 Å². The highest BCUT2D eigenvalue weighted by molar-refractivity contribution is 6.35. The second kappa shape index (κ2) is 5.07. The monoisotopic (exact) mass is 270 g/mol. The average Bonchev–Trinajstić information content (AvgIpc) is 2.76. The van der Waals surface area contributed by atoms with Crippen molar-refractivity contribution >= 4 is 40.7 Å². The molecule has 2 aromatic rings. The van der Waals surface area contributed by atoms with Crippen LogP contribution in [0, 0.1) is 0 Å². The molecule has 5 nitrogen and oxygen atoms in total. The number of urea groups is 1. The van der Waals surface area contributed by atoms with Crippen molar-refractivity contribution in [1.29, 1.82) is 0 Å². The number of carbonyl (C=O) groups excluding carboxylic acids is 1. The van der Waals surface area contributed by atoms with Crippen molar-refractivity contribution in [3.63, 3.8) is 0 Å². The average molecular weight is 271 g/mol. The molecule has 0 fully saturated rings. The van der Waals surface area contributed by atoms with Crippen LogP contribution in [0.4, 0.5) is 16.3 Å². The summed E-state index contributed by atoms with van der Waals surface area (Å²) in [5, 5.41) is 12.3. The molecule has 1 heterocycles. The Balaban J connectivity index is 2.05. The first kappa shape index (κ1) is 11.8. The Labute approximate surface area is 107 Å². The number of hydrogen-bond donors (Lipinski definition) is 3. The zero-order valence-electron chi connectivity index (χ0n) is 8.50. The first-order valence-corrected chi connectivity index (χ1v) is 5.43. The summed E-state index contributed by atoms with van der Waals surface area (Å²) >= 11 is 11.7. The molecular formula is C10H8Cl2N4O. The third-order valence-electron chi connectivity index (χ3n) is 1.93. The molecule has 2 amide bonds. The van der Waals surface area contributed by atoms with E-state index in [4.69, 9.17) is 23.2 Å². The van der Waals surface area contributed by atoms with Crippen molar-refractivity contribution in [2.75, 3.05) is 10.6 Å². The van der Waals surface area contributed by atoms with E-state index >= 15 is 0 Å². The van der Waals surface area contributed by atoms with Crippen LogP contribution >= 0.6 is 23.2 Å². The Morgan fingerprint density at radius 1 is 1.24 bits per heavy atom. The van der Waals surface area contributed by atoms with E-state index in [1.807, 2.05) is 0 Å². The molecule has 0 saturated heterocycles. The fourth-order valence-corrected chi connectivity index (χ4v) is 1.53. The minimum atomic E-state index is -0.432. The van der Waals surface area contributed by atoms with Crippen molar-refractivity contribution in [2.24, 2.45) is 0 Å². The maximum Gasteiger partial charge on any atom is 0.324 e. The van der Waals surface area contributed by atoms with Gasteiger partial charge in [0.15, 0.2) is 0 Å². The predicted molar refractivity (Wildman–Crippen MR) is 67.7 cm³/mol. The molecule has 1 aromatic carbocycles. The van der Waals surface area contributed by atoms with Crippen LogP contribution in [0.3, 0.4) is 0 Å². The van der Waals surface area contributed by atoms with Crippen LogP contribution in [-0.2, 0) is 0 Å². The number of hydrogen-bond acceptors (Lipinski definition) is 2. The number of anilines is 2. The third kappa shape index (κ3) is 3.12. The molecule has 0 bridgehead atoms. The van der Waals surface area contributed by atoms with Gasteiger partial charge in [0.1, 0.15) is 5.82 Å². The Bertz CT molecular complexity index is 527. The molecule has 7 heteroatoms. The van der Waals surface area contributed by atoms with Gasteiger partial charge in [-0.3, -0.25) is 10.4 Å². The number of H-pyrrole nitrogens is 1. The van der Waals surface area contributed by atoms with Crippen molar-refractivity contribution in [3.8, 4) is 0 Å². The van der Waals surface area contributed by atoms with Gasteiger partial charge in [0.25, 0.3) is 0 Å². The standard InChI is InChI=1S/C10H8Cl2N4O/c11-6-1-2-7(12)8(5-6)14-10(17)15-9-3-4-13-16-9/h1-5H,(H3,13,14,15,16,17). The molecule has 0 atom stereocenters. The van der Waals surface area contributed by atoms with Gasteiger partial charge in [-0.2, -0.15) is 5.10 Å². The molecule has 1 aromatic heterocycles. The summed E-state index contributed by atoms with van der Waals surface area (Å²) in [6.07, 6.45) is 1.53. The highest BCUT2D eigenvalue weighted by Gasteiger charge is 2.06. The third-order valence-corrected chi connectivity index (χ3v) is 2.49. The molecule has 0 aliphatic carbocycles. The van der Waals surface area contributed by atoms with Crippen LogP contribution in [0.25, 0.3) is 0 Å². The zero-order valence-corrected chi connectivity index (χ0v) is 10.0. The van der Waals surface area contributed by atoms with E-state index in [-0.39, 0.29) is 0 Å². The topological polar surface area (TPSA) is 69.8 Å². The summed E-state index contributed by atoms with van der Waals surface area (Å²) in [6, 6.07) is 6.01. The number of halogens is 2. The van der Waals surface area contributed by atoms with E-state index in [0.717, 1.165) is 0 Å². The number of aromatic amines is 1. The Hall–Kier alpha value is -1.72. The second-order valence-corrected chi connectivity index (χ2v) is 4.02. The summed E-state index contributed by atoms with van der Waals surface area (Å²) in [6.45, 7) is 0. The highest BCUT2D eigenvalue weighted by atomic mass is 35.5. The molecule has 0 saturated carbocycles. The highest BCUT2D eigenvalue weighted by Crippen LogP contribution is 2.25. The van der Waals surface area contributed by atoms with E-state index in [1.54, 1.807) is 24.3 Å². The molecule has 0 spiro atoms. The van der Waals surface area contributed by atoms with E-state index in [9.17, 15) is 4.79 Å². The van der Waals surface area contributed by atoms with E-state index in [0.29, 0.717) is 21.6 Å². The number of nitrogens with one attached hydrogen (secondary N) is 3. The van der Waals surface area contributed by atoms with Crippen LogP contribution < -0.4 is 10.6 Å². The number of aromatic nitrogens is 2. The smallest absolute Gasteiger partial charge is 0.306 e. The number of rotatable bonds is 2. The molecule has 3 N–H and O–H groups in total. The molecule has 0 radical (unpaired) electrons. The summed E-state index contributed by atoms with van der Waals surface area (Å²) in [5.41, 5.74) is 0.441. The van der Waals surface area contributed by atoms with Crippen LogP contribution in [0.2, 0.25) is 10.0 Å². The lowest BCUT2D eigenvalue weighted by Gasteiger charge is -2.07. The fourth-order valence-electron chi connectivity index (χ4n) is 1.19. The maximum absolute atomic E-state index is 11.6. The Morgan fingerprint density at radius 2 is 2.06 bits per heavy atom. The largest absolute Gasteiger partial charge is 0.324 e. The van der Waals surface area contributed by atoms with Crippen LogP contribution in [0.1, 0.15) is 0 Å². The van der Waals surface area contributed by atoms with Gasteiger partial charge in [-0.1, -0.05) is 23.2 Å². The molecule has 17 heavy (non-hydrogen) atoms. The summed E-state index contributed by atoms with van der Waals surface area (Å²) in [7, 11) is 0. The van der Waals surface area contributed by atoms with Gasteiger partial charge < -0.3 is 5.32 Å². The van der Waals surface area contributed by atoms with Gasteiger partial charge in [-0.05, 0) is 18.2 Å². The molecule has 88 valence electrons. The first-order chi connectivity index (χ1) is 8.15. The van der Waals surface area contributed by atoms with Crippen LogP contribution in [0.5, 0.6) is 0 Å². The van der Waals surface area contributed by atoms with Crippen molar-refractivity contribution in [3.05, 3.63) is 40.5 Å². The SMILES string of the molecule is O=C(Nc1ccn[nH]1)Nc1cc(Cl)ccc1Cl. The minimum Gasteiger partial charge on any atom is -0.306 e. The van der Waals surface area contributed by atoms with Gasteiger partial charge in [-0.15, -0.1) is 0 Å². The molecular weight excluding hydrogens is 263 g/mol. The number of amides is 2. The predicted octanol–water partition coefficient (Wildman–Crippen LogP) is 3.36. The lowest BCUT2D eigenvalue weighted by Crippen LogP contribution is -2.19. The number of nitrogens with zero attached hydrogens (tertiary/aromatic N) is 1. The van der Waals surface area contributed by atoms with Crippen molar-refractivity contribution in [2.45, 2.75) is 0 Å². The van der Waals surface area contributed by atoms with Crippen molar-refractivity contribution in [1.82, 2.24) is 10.2 Å². The minimum absolute atomic E-state index is 0.411. The van der Waals surface area contributed by atoms with E-state index < -0.39 is 6.03 Å². The van der Waals surface area contributed by atoms with Gasteiger partial charge in [0.05, 0.1) is 16.9 Å². The quantitative estimate of drug-likeness (QED) is 0.783. The molecule has 0 aliphatic rings. The lowest BCUT2D eigenvalue weighted by molar-refractivity contribution is 0.262. The Morgan fingerprint density at radius 3 is 2.76 bits per heavy atom. The first-order valence-electron chi connectivity index (χ1n) is 4.67. The second-order valence-electron chi connectivity index (χ2n) is 3.17. The van der Waals surface area contributed by atoms with Gasteiger partial charge in [0.2, 0.25) is 0 Å². The van der Waals surface area contributed by atoms with Gasteiger partial charge >= 0.3 is 6.03 Å². The maximum atomic E-state index is 11.6. The van der Waals surface area contributed by atoms with Crippen LogP contribution in [-0.4, -0.2) is 16.2 Å². The van der Waals surface area contributed by atoms with Gasteiger partial charge in [-0.25, -0.2) is 4.79 Å². The summed E-state index contributed by atoms with van der Waals surface area (Å²) in [5.74, 6) is 0.487. The lowest BCUT2D eigenvalue weighted by atomic mass is 10.3. The molecule has 0 unspecified atom stereocenters. The number of carbonyl (C=O) groups is 1. The summed E-state index contributed by atoms with van der Waals surface area (Å²) in [4.78, 5) is 11.6. The Kier molecular flexibility index (Phi) is 3.51. The zero-order chi connectivity index (χ0) is 12.3. The normalized spacial score (nSPS) is 10.0. The fraction of sp³-hybridized carbons (Fsp3) is 0.